The standard InChI is InChI=1S/C17H20N4O4S/c22-15(18-13-6-7-13)17-20-19-16(25-17)12-4-8-14(9-5-12)26(23,24)21-10-2-1-3-11-21/h4-5,8-9,13H,1-3,6-7,10-11H2,(H,18,22). The lowest BCUT2D eigenvalue weighted by Gasteiger charge is -2.25. The van der Waals surface area contributed by atoms with E-state index in [2.05, 4.69) is 15.5 Å². The highest BCUT2D eigenvalue weighted by Gasteiger charge is 2.27. The van der Waals surface area contributed by atoms with Gasteiger partial charge in [-0.25, -0.2) is 8.42 Å². The summed E-state index contributed by atoms with van der Waals surface area (Å²) in [5.74, 6) is -0.277. The van der Waals surface area contributed by atoms with Crippen molar-refractivity contribution in [2.24, 2.45) is 0 Å². The molecule has 2 aromatic rings. The highest BCUT2D eigenvalue weighted by molar-refractivity contribution is 7.89. The van der Waals surface area contributed by atoms with Crippen LogP contribution in [0.4, 0.5) is 0 Å². The van der Waals surface area contributed by atoms with Crippen molar-refractivity contribution < 1.29 is 17.6 Å². The molecule has 0 spiro atoms. The summed E-state index contributed by atoms with van der Waals surface area (Å²) in [4.78, 5) is 12.2. The Balaban J connectivity index is 1.50. The van der Waals surface area contributed by atoms with Crippen LogP contribution >= 0.6 is 0 Å². The molecule has 9 heteroatoms. The van der Waals surface area contributed by atoms with Gasteiger partial charge in [0, 0.05) is 24.7 Å². The molecule has 4 rings (SSSR count). The Hall–Kier alpha value is -2.26. The van der Waals surface area contributed by atoms with Gasteiger partial charge in [0.25, 0.3) is 0 Å². The maximum Gasteiger partial charge on any atom is 0.309 e. The van der Waals surface area contributed by atoms with Crippen molar-refractivity contribution >= 4 is 15.9 Å². The Morgan fingerprint density at radius 1 is 1.08 bits per heavy atom. The fraction of sp³-hybridized carbons (Fsp3) is 0.471. The van der Waals surface area contributed by atoms with Crippen molar-refractivity contribution in [2.75, 3.05) is 13.1 Å². The summed E-state index contributed by atoms with van der Waals surface area (Å²) in [5.41, 5.74) is 0.570. The molecule has 2 heterocycles. The number of carbonyl (C=O) groups is 1. The Bertz CT molecular complexity index is 897. The lowest BCUT2D eigenvalue weighted by molar-refractivity contribution is 0.0917. The number of nitrogens with one attached hydrogen (secondary N) is 1. The average Bonchev–Trinajstić information content (AvgIpc) is 3.34. The molecular formula is C17H20N4O4S. The van der Waals surface area contributed by atoms with Gasteiger partial charge in [0.05, 0.1) is 4.90 Å². The molecule has 8 nitrogen and oxygen atoms in total. The Labute approximate surface area is 151 Å². The van der Waals surface area contributed by atoms with Gasteiger partial charge in [-0.15, -0.1) is 10.2 Å². The van der Waals surface area contributed by atoms with Crippen molar-refractivity contribution in [1.29, 1.82) is 0 Å². The van der Waals surface area contributed by atoms with Crippen LogP contribution in [0.3, 0.4) is 0 Å². The molecule has 0 radical (unpaired) electrons. The molecule has 138 valence electrons. The zero-order valence-corrected chi connectivity index (χ0v) is 15.0. The minimum absolute atomic E-state index is 0.0862. The maximum absolute atomic E-state index is 12.7. The zero-order valence-electron chi connectivity index (χ0n) is 14.2. The van der Waals surface area contributed by atoms with E-state index in [0.29, 0.717) is 18.7 Å². The lowest BCUT2D eigenvalue weighted by Crippen LogP contribution is -2.35. The number of sulfonamides is 1. The van der Waals surface area contributed by atoms with Crippen molar-refractivity contribution in [2.45, 2.75) is 43.0 Å². The number of amides is 1. The molecule has 1 aliphatic carbocycles. The molecule has 1 amide bonds. The van der Waals surface area contributed by atoms with Crippen LogP contribution in [0.15, 0.2) is 33.6 Å². The number of hydrogen-bond acceptors (Lipinski definition) is 6. The van der Waals surface area contributed by atoms with Crippen LogP contribution in [0, 0.1) is 0 Å². The van der Waals surface area contributed by atoms with Crippen LogP contribution in [-0.2, 0) is 10.0 Å². The lowest BCUT2D eigenvalue weighted by atomic mass is 10.2. The van der Waals surface area contributed by atoms with Crippen LogP contribution in [0.1, 0.15) is 42.8 Å². The average molecular weight is 376 g/mol. The molecule has 2 aliphatic rings. The van der Waals surface area contributed by atoms with E-state index in [1.165, 1.54) is 16.4 Å². The number of piperidine rings is 1. The maximum atomic E-state index is 12.7. The first-order valence-corrected chi connectivity index (χ1v) is 10.2. The minimum atomic E-state index is -3.47. The smallest absolute Gasteiger partial charge is 0.309 e. The van der Waals surface area contributed by atoms with E-state index in [0.717, 1.165) is 32.1 Å². The second-order valence-electron chi connectivity index (χ2n) is 6.65. The summed E-state index contributed by atoms with van der Waals surface area (Å²) in [6.07, 6.45) is 4.80. The van der Waals surface area contributed by atoms with Gasteiger partial charge in [0.15, 0.2) is 0 Å². The molecule has 1 saturated carbocycles. The van der Waals surface area contributed by atoms with Crippen LogP contribution in [0.5, 0.6) is 0 Å². The molecule has 2 fully saturated rings. The second kappa shape index (κ2) is 6.81. The summed E-state index contributed by atoms with van der Waals surface area (Å²) in [6, 6.07) is 6.51. The van der Waals surface area contributed by atoms with Gasteiger partial charge in [0.2, 0.25) is 15.9 Å². The largest absolute Gasteiger partial charge is 0.412 e. The summed E-state index contributed by atoms with van der Waals surface area (Å²) in [6.45, 7) is 1.13. The van der Waals surface area contributed by atoms with Gasteiger partial charge in [-0.05, 0) is 49.9 Å². The molecule has 1 aromatic heterocycles. The molecule has 26 heavy (non-hydrogen) atoms. The number of nitrogens with zero attached hydrogens (tertiary/aromatic N) is 3. The summed E-state index contributed by atoms with van der Waals surface area (Å²) >= 11 is 0. The van der Waals surface area contributed by atoms with E-state index in [1.807, 2.05) is 0 Å². The van der Waals surface area contributed by atoms with Gasteiger partial charge < -0.3 is 9.73 Å². The predicted molar refractivity (Wildman–Crippen MR) is 92.8 cm³/mol. The zero-order chi connectivity index (χ0) is 18.1. The van der Waals surface area contributed by atoms with E-state index in [-0.39, 0.29) is 28.6 Å². The number of benzene rings is 1. The van der Waals surface area contributed by atoms with Gasteiger partial charge in [-0.2, -0.15) is 4.31 Å². The Kier molecular flexibility index (Phi) is 4.49. The van der Waals surface area contributed by atoms with Crippen LogP contribution in [-0.4, -0.2) is 48.0 Å². The molecule has 1 saturated heterocycles. The molecule has 0 bridgehead atoms. The first-order valence-electron chi connectivity index (χ1n) is 8.79. The number of carbonyl (C=O) groups excluding carboxylic acids is 1. The molecule has 1 aromatic carbocycles. The highest BCUT2D eigenvalue weighted by atomic mass is 32.2. The highest BCUT2D eigenvalue weighted by Crippen LogP contribution is 2.24. The van der Waals surface area contributed by atoms with Crippen molar-refractivity contribution in [3.8, 4) is 11.5 Å². The van der Waals surface area contributed by atoms with E-state index >= 15 is 0 Å². The van der Waals surface area contributed by atoms with Crippen LogP contribution in [0.25, 0.3) is 11.5 Å². The first kappa shape index (κ1) is 17.2. The van der Waals surface area contributed by atoms with E-state index in [4.69, 9.17) is 4.42 Å². The molecule has 1 N–H and O–H groups in total. The van der Waals surface area contributed by atoms with Crippen molar-refractivity contribution in [3.63, 3.8) is 0 Å². The Morgan fingerprint density at radius 2 is 1.77 bits per heavy atom. The predicted octanol–water partition coefficient (Wildman–Crippen LogP) is 1.80. The minimum Gasteiger partial charge on any atom is -0.412 e. The number of aromatic nitrogens is 2. The van der Waals surface area contributed by atoms with Gasteiger partial charge >= 0.3 is 11.8 Å². The second-order valence-corrected chi connectivity index (χ2v) is 8.59. The van der Waals surface area contributed by atoms with E-state index in [1.54, 1.807) is 12.1 Å². The fourth-order valence-electron chi connectivity index (χ4n) is 2.93. The van der Waals surface area contributed by atoms with E-state index in [9.17, 15) is 13.2 Å². The van der Waals surface area contributed by atoms with Crippen LogP contribution < -0.4 is 5.32 Å². The quantitative estimate of drug-likeness (QED) is 0.853. The van der Waals surface area contributed by atoms with Gasteiger partial charge in [0.1, 0.15) is 0 Å². The first-order chi connectivity index (χ1) is 12.5. The SMILES string of the molecule is O=C(NC1CC1)c1nnc(-c2ccc(S(=O)(=O)N3CCCCC3)cc2)o1. The molecule has 1 aliphatic heterocycles. The van der Waals surface area contributed by atoms with Gasteiger partial charge in [-0.1, -0.05) is 6.42 Å². The van der Waals surface area contributed by atoms with E-state index < -0.39 is 10.0 Å². The monoisotopic (exact) mass is 376 g/mol. The molecular weight excluding hydrogens is 356 g/mol. The van der Waals surface area contributed by atoms with Crippen LogP contribution in [0.2, 0.25) is 0 Å². The topological polar surface area (TPSA) is 105 Å². The van der Waals surface area contributed by atoms with Crippen molar-refractivity contribution in [3.05, 3.63) is 30.2 Å². The summed E-state index contributed by atoms with van der Waals surface area (Å²) in [7, 11) is -3.47. The third kappa shape index (κ3) is 3.49. The number of rotatable bonds is 5. The third-order valence-electron chi connectivity index (χ3n) is 4.59. The molecule has 0 unspecified atom stereocenters. The number of hydrogen-bond donors (Lipinski definition) is 1. The van der Waals surface area contributed by atoms with Crippen molar-refractivity contribution in [1.82, 2.24) is 19.8 Å². The van der Waals surface area contributed by atoms with Gasteiger partial charge in [-0.3, -0.25) is 4.79 Å². The fourth-order valence-corrected chi connectivity index (χ4v) is 4.45. The summed E-state index contributed by atoms with van der Waals surface area (Å²) < 4.78 is 32.3. The normalized spacial score (nSPS) is 18.6. The molecule has 0 atom stereocenters. The summed E-state index contributed by atoms with van der Waals surface area (Å²) in [5, 5.41) is 10.4. The Morgan fingerprint density at radius 3 is 2.42 bits per heavy atom. The third-order valence-corrected chi connectivity index (χ3v) is 6.50.